The van der Waals surface area contributed by atoms with E-state index in [1.807, 2.05) is 6.92 Å². The first kappa shape index (κ1) is 15.1. The molecular weight excluding hydrogens is 390 g/mol. The quantitative estimate of drug-likeness (QED) is 0.818. The number of ether oxygens (including phenoxy) is 1. The van der Waals surface area contributed by atoms with Crippen molar-refractivity contribution in [2.24, 2.45) is 0 Å². The summed E-state index contributed by atoms with van der Waals surface area (Å²) in [5.74, 6) is 1.67. The van der Waals surface area contributed by atoms with E-state index in [9.17, 15) is 5.11 Å². The molecule has 0 radical (unpaired) electrons. The van der Waals surface area contributed by atoms with Crippen LogP contribution in [0.1, 0.15) is 5.69 Å². The number of anilines is 1. The molecule has 0 aliphatic rings. The molecule has 20 heavy (non-hydrogen) atoms. The van der Waals surface area contributed by atoms with Gasteiger partial charge in [0.15, 0.2) is 17.3 Å². The second-order valence-corrected chi connectivity index (χ2v) is 5.70. The van der Waals surface area contributed by atoms with Gasteiger partial charge < -0.3 is 15.2 Å². The first-order valence-electron chi connectivity index (χ1n) is 5.76. The van der Waals surface area contributed by atoms with E-state index in [2.05, 4.69) is 47.1 Å². The van der Waals surface area contributed by atoms with Gasteiger partial charge in [0.25, 0.3) is 0 Å². The van der Waals surface area contributed by atoms with Crippen molar-refractivity contribution in [3.8, 4) is 22.9 Å². The third-order valence-corrected chi connectivity index (χ3v) is 4.31. The molecule has 2 aromatic rings. The van der Waals surface area contributed by atoms with E-state index in [0.717, 1.165) is 15.7 Å². The van der Waals surface area contributed by atoms with E-state index in [4.69, 9.17) is 4.74 Å². The summed E-state index contributed by atoms with van der Waals surface area (Å²) in [4.78, 5) is 8.88. The zero-order valence-electron chi connectivity index (χ0n) is 11.2. The number of phenols is 1. The molecule has 7 heteroatoms. The average molecular weight is 403 g/mol. The fourth-order valence-electron chi connectivity index (χ4n) is 1.71. The van der Waals surface area contributed by atoms with Gasteiger partial charge in [-0.3, -0.25) is 0 Å². The van der Waals surface area contributed by atoms with Crippen molar-refractivity contribution in [3.63, 3.8) is 0 Å². The maximum atomic E-state index is 9.84. The zero-order chi connectivity index (χ0) is 14.9. The average Bonchev–Trinajstić information content (AvgIpc) is 2.44. The molecule has 0 unspecified atom stereocenters. The summed E-state index contributed by atoms with van der Waals surface area (Å²) in [7, 11) is 3.29. The molecular formula is C13H13Br2N3O2. The van der Waals surface area contributed by atoms with Crippen LogP contribution in [0.15, 0.2) is 21.1 Å². The number of aryl methyl sites for hydroxylation is 1. The van der Waals surface area contributed by atoms with Crippen molar-refractivity contribution in [2.45, 2.75) is 6.92 Å². The zero-order valence-corrected chi connectivity index (χ0v) is 14.3. The Bertz CT molecular complexity index is 605. The summed E-state index contributed by atoms with van der Waals surface area (Å²) in [6.07, 6.45) is 0. The van der Waals surface area contributed by atoms with Gasteiger partial charge in [-0.15, -0.1) is 0 Å². The SMILES string of the molecule is CNc1nc(-c2cc(Br)c(O)c(OC)c2)nc(C)c1Br. The van der Waals surface area contributed by atoms with Crippen LogP contribution in [0.2, 0.25) is 0 Å². The molecule has 2 rings (SSSR count). The van der Waals surface area contributed by atoms with Gasteiger partial charge in [0.05, 0.1) is 21.7 Å². The highest BCUT2D eigenvalue weighted by atomic mass is 79.9. The van der Waals surface area contributed by atoms with E-state index in [-0.39, 0.29) is 5.75 Å². The maximum Gasteiger partial charge on any atom is 0.172 e. The largest absolute Gasteiger partial charge is 0.503 e. The summed E-state index contributed by atoms with van der Waals surface area (Å²) >= 11 is 6.73. The maximum absolute atomic E-state index is 9.84. The first-order valence-corrected chi connectivity index (χ1v) is 7.35. The fourth-order valence-corrected chi connectivity index (χ4v) is 2.53. The number of phenolic OH excluding ortho intramolecular Hbond substituents is 1. The van der Waals surface area contributed by atoms with E-state index >= 15 is 0 Å². The molecule has 0 amide bonds. The molecule has 0 aliphatic carbocycles. The molecule has 0 bridgehead atoms. The number of aromatic nitrogens is 2. The van der Waals surface area contributed by atoms with E-state index < -0.39 is 0 Å². The number of hydrogen-bond acceptors (Lipinski definition) is 5. The summed E-state index contributed by atoms with van der Waals surface area (Å²) in [6.45, 7) is 1.89. The smallest absolute Gasteiger partial charge is 0.172 e. The Morgan fingerprint density at radius 1 is 1.25 bits per heavy atom. The molecule has 0 spiro atoms. The van der Waals surface area contributed by atoms with Gasteiger partial charge in [-0.25, -0.2) is 9.97 Å². The molecule has 0 fully saturated rings. The van der Waals surface area contributed by atoms with Crippen LogP contribution in [0.25, 0.3) is 11.4 Å². The minimum atomic E-state index is 0.0546. The normalized spacial score (nSPS) is 10.4. The Balaban J connectivity index is 2.62. The van der Waals surface area contributed by atoms with E-state index in [1.165, 1.54) is 7.11 Å². The van der Waals surface area contributed by atoms with Crippen LogP contribution in [0.3, 0.4) is 0 Å². The summed E-state index contributed by atoms with van der Waals surface area (Å²) < 4.78 is 6.50. The van der Waals surface area contributed by atoms with Crippen LogP contribution in [-0.4, -0.2) is 29.2 Å². The van der Waals surface area contributed by atoms with Crippen LogP contribution in [0.5, 0.6) is 11.5 Å². The lowest BCUT2D eigenvalue weighted by Crippen LogP contribution is -2.01. The van der Waals surface area contributed by atoms with Gasteiger partial charge in [0.1, 0.15) is 5.82 Å². The fraction of sp³-hybridized carbons (Fsp3) is 0.231. The van der Waals surface area contributed by atoms with Crippen molar-refractivity contribution in [1.82, 2.24) is 9.97 Å². The van der Waals surface area contributed by atoms with Gasteiger partial charge in [0.2, 0.25) is 0 Å². The topological polar surface area (TPSA) is 67.3 Å². The van der Waals surface area contributed by atoms with Crippen molar-refractivity contribution in [3.05, 3.63) is 26.8 Å². The summed E-state index contributed by atoms with van der Waals surface area (Å²) in [6, 6.07) is 3.45. The summed E-state index contributed by atoms with van der Waals surface area (Å²) in [5, 5.41) is 12.8. The molecule has 106 valence electrons. The number of nitrogens with zero attached hydrogens (tertiary/aromatic N) is 2. The third-order valence-electron chi connectivity index (χ3n) is 2.76. The van der Waals surface area contributed by atoms with Gasteiger partial charge >= 0.3 is 0 Å². The molecule has 5 nitrogen and oxygen atoms in total. The Labute approximate surface area is 133 Å². The first-order chi connectivity index (χ1) is 9.47. The number of aromatic hydroxyl groups is 1. The highest BCUT2D eigenvalue weighted by Gasteiger charge is 2.14. The minimum Gasteiger partial charge on any atom is -0.503 e. The molecule has 1 heterocycles. The molecule has 1 aromatic carbocycles. The van der Waals surface area contributed by atoms with Crippen LogP contribution in [0.4, 0.5) is 5.82 Å². The number of benzene rings is 1. The second kappa shape index (κ2) is 5.97. The lowest BCUT2D eigenvalue weighted by Gasteiger charge is -2.11. The van der Waals surface area contributed by atoms with Crippen LogP contribution < -0.4 is 10.1 Å². The molecule has 1 aromatic heterocycles. The Hall–Kier alpha value is -1.34. The highest BCUT2D eigenvalue weighted by Crippen LogP contribution is 2.38. The lowest BCUT2D eigenvalue weighted by molar-refractivity contribution is 0.372. The predicted molar refractivity (Wildman–Crippen MR) is 85.4 cm³/mol. The van der Waals surface area contributed by atoms with Crippen LogP contribution in [0, 0.1) is 6.92 Å². The second-order valence-electron chi connectivity index (χ2n) is 4.05. The van der Waals surface area contributed by atoms with Crippen molar-refractivity contribution in [2.75, 3.05) is 19.5 Å². The van der Waals surface area contributed by atoms with Crippen molar-refractivity contribution >= 4 is 37.7 Å². The predicted octanol–water partition coefficient (Wildman–Crippen LogP) is 3.73. The van der Waals surface area contributed by atoms with Gasteiger partial charge in [-0.2, -0.15) is 0 Å². The van der Waals surface area contributed by atoms with Gasteiger partial charge in [-0.1, -0.05) is 0 Å². The number of hydrogen-bond donors (Lipinski definition) is 2. The minimum absolute atomic E-state index is 0.0546. The Morgan fingerprint density at radius 2 is 1.95 bits per heavy atom. The number of methoxy groups -OCH3 is 1. The van der Waals surface area contributed by atoms with Crippen molar-refractivity contribution in [1.29, 1.82) is 0 Å². The highest BCUT2D eigenvalue weighted by molar-refractivity contribution is 9.11. The standard InChI is InChI=1S/C13H13Br2N3O2/c1-6-10(15)13(16-2)18-12(17-6)7-4-8(14)11(19)9(5-7)20-3/h4-5,19H,1-3H3,(H,16,17,18). The van der Waals surface area contributed by atoms with Crippen LogP contribution in [-0.2, 0) is 0 Å². The number of halogens is 2. The van der Waals surface area contributed by atoms with Crippen molar-refractivity contribution < 1.29 is 9.84 Å². The molecule has 0 atom stereocenters. The van der Waals surface area contributed by atoms with E-state index in [1.54, 1.807) is 19.2 Å². The lowest BCUT2D eigenvalue weighted by atomic mass is 10.2. The Morgan fingerprint density at radius 3 is 2.55 bits per heavy atom. The van der Waals surface area contributed by atoms with Crippen LogP contribution >= 0.6 is 31.9 Å². The summed E-state index contributed by atoms with van der Waals surface area (Å²) in [5.41, 5.74) is 1.57. The number of rotatable bonds is 3. The van der Waals surface area contributed by atoms with E-state index in [0.29, 0.717) is 21.9 Å². The molecule has 2 N–H and O–H groups in total. The number of nitrogens with one attached hydrogen (secondary N) is 1. The third kappa shape index (κ3) is 2.73. The Kier molecular flexibility index (Phi) is 4.49. The van der Waals surface area contributed by atoms with Gasteiger partial charge in [-0.05, 0) is 50.9 Å². The molecule has 0 saturated heterocycles. The molecule has 0 saturated carbocycles. The monoisotopic (exact) mass is 401 g/mol. The molecule has 0 aliphatic heterocycles. The van der Waals surface area contributed by atoms with Gasteiger partial charge in [0, 0.05) is 12.6 Å².